The molecule has 23 heavy (non-hydrogen) atoms. The van der Waals surface area contributed by atoms with Gasteiger partial charge in [-0.2, -0.15) is 10.4 Å². The molecule has 0 unspecified atom stereocenters. The lowest BCUT2D eigenvalue weighted by Crippen LogP contribution is -2.18. The normalized spacial score (nSPS) is 11.3. The summed E-state index contributed by atoms with van der Waals surface area (Å²) in [5.74, 6) is -0.866. The summed E-state index contributed by atoms with van der Waals surface area (Å²) in [6.07, 6.45) is -1.33. The van der Waals surface area contributed by atoms with Crippen molar-refractivity contribution in [3.63, 3.8) is 0 Å². The van der Waals surface area contributed by atoms with Crippen molar-refractivity contribution >= 4 is 17.9 Å². The zero-order valence-electron chi connectivity index (χ0n) is 11.6. The average molecular weight is 334 g/mol. The zero-order chi connectivity index (χ0) is 14.2. The third-order valence-corrected chi connectivity index (χ3v) is 1.68. The minimum Gasteiger partial charge on any atom is -0.463 e. The van der Waals surface area contributed by atoms with E-state index >= 15 is 0 Å². The number of aromatic amines is 2. The summed E-state index contributed by atoms with van der Waals surface area (Å²) in [5.41, 5.74) is 0. The summed E-state index contributed by atoms with van der Waals surface area (Å²) >= 11 is 0. The molecule has 0 radical (unpaired) electrons. The summed E-state index contributed by atoms with van der Waals surface area (Å²) in [6, 6.07) is 0. The van der Waals surface area contributed by atoms with Crippen molar-refractivity contribution in [2.24, 2.45) is 20.5 Å². The number of azo groups is 2. The van der Waals surface area contributed by atoms with Crippen LogP contribution in [0.5, 0.6) is 0 Å². The molecule has 0 aliphatic heterocycles. The average Bonchev–Trinajstić information content (AvgIpc) is 3.12. The highest BCUT2D eigenvalue weighted by Crippen LogP contribution is 2.08. The van der Waals surface area contributed by atoms with E-state index in [2.05, 4.69) is 61.7 Å². The maximum absolute atomic E-state index is 11.6. The number of H-pyrrole nitrogens is 2. The van der Waals surface area contributed by atoms with Gasteiger partial charge in [-0.1, -0.05) is 10.2 Å². The van der Waals surface area contributed by atoms with Crippen LogP contribution in [0.4, 0.5) is 11.9 Å². The molecule has 0 amide bonds. The van der Waals surface area contributed by atoms with Gasteiger partial charge in [0.05, 0.1) is 6.61 Å². The molecule has 2 rings (SSSR count). The van der Waals surface area contributed by atoms with Crippen LogP contribution >= 0.6 is 0 Å². The number of carbonyl (C=O) groups is 1. The van der Waals surface area contributed by atoms with Crippen LogP contribution in [0.2, 0.25) is 0 Å². The number of rotatable bonds is 6. The second kappa shape index (κ2) is 11.4. The predicted octanol–water partition coefficient (Wildman–Crippen LogP) is -3.00. The van der Waals surface area contributed by atoms with Gasteiger partial charge in [0.15, 0.2) is 0 Å². The van der Waals surface area contributed by atoms with Crippen LogP contribution in [-0.4, -0.2) is 76.4 Å². The van der Waals surface area contributed by atoms with Crippen LogP contribution in [0.15, 0.2) is 20.5 Å². The topological polar surface area (TPSA) is 279 Å². The van der Waals surface area contributed by atoms with E-state index in [0.29, 0.717) is 0 Å². The van der Waals surface area contributed by atoms with Crippen molar-refractivity contribution in [1.82, 2.24) is 41.2 Å². The second-order valence-electron chi connectivity index (χ2n) is 2.98. The Hall–Kier alpha value is -3.31. The molecule has 2 heterocycles. The summed E-state index contributed by atoms with van der Waals surface area (Å²) < 4.78 is 4.77. The van der Waals surface area contributed by atoms with Gasteiger partial charge >= 0.3 is 17.9 Å². The first-order valence-corrected chi connectivity index (χ1v) is 5.25. The van der Waals surface area contributed by atoms with E-state index in [1.54, 1.807) is 6.92 Å². The van der Waals surface area contributed by atoms with Gasteiger partial charge in [-0.3, -0.25) is 0 Å². The molecule has 17 nitrogen and oxygen atoms in total. The van der Waals surface area contributed by atoms with Gasteiger partial charge in [0.1, 0.15) is 0 Å². The first kappa shape index (κ1) is 22.0. The Balaban J connectivity index is 0. The highest BCUT2D eigenvalue weighted by Gasteiger charge is 2.19. The Labute approximate surface area is 126 Å². The van der Waals surface area contributed by atoms with Crippen molar-refractivity contribution in [2.75, 3.05) is 6.61 Å². The van der Waals surface area contributed by atoms with Crippen LogP contribution in [0.1, 0.15) is 6.92 Å². The molecule has 2 aromatic rings. The van der Waals surface area contributed by atoms with E-state index < -0.39 is 12.1 Å². The number of ether oxygens (including phenoxy) is 1. The van der Waals surface area contributed by atoms with Crippen LogP contribution in [-0.2, 0) is 9.53 Å². The van der Waals surface area contributed by atoms with E-state index in [9.17, 15) is 4.79 Å². The third kappa shape index (κ3) is 6.79. The molecule has 0 spiro atoms. The Morgan fingerprint density at radius 1 is 1.04 bits per heavy atom. The number of aromatic nitrogens is 8. The predicted molar refractivity (Wildman–Crippen MR) is 68.6 cm³/mol. The molecule has 0 atom stereocenters. The summed E-state index contributed by atoms with van der Waals surface area (Å²) in [5, 5.41) is 39.4. The van der Waals surface area contributed by atoms with Gasteiger partial charge in [0.2, 0.25) is 0 Å². The number of hydrogen-bond donors (Lipinski definition) is 2. The highest BCUT2D eigenvalue weighted by atomic mass is 16.5. The van der Waals surface area contributed by atoms with E-state index in [-0.39, 0.29) is 34.9 Å². The summed E-state index contributed by atoms with van der Waals surface area (Å²) in [4.78, 5) is 11.6. The molecule has 0 saturated carbocycles. The maximum atomic E-state index is 11.6. The zero-order valence-corrected chi connectivity index (χ0v) is 11.6. The lowest BCUT2D eigenvalue weighted by molar-refractivity contribution is -0.144. The van der Waals surface area contributed by atoms with Crippen LogP contribution < -0.4 is 0 Å². The van der Waals surface area contributed by atoms with E-state index in [1.807, 2.05) is 0 Å². The Morgan fingerprint density at radius 2 is 1.52 bits per heavy atom. The standard InChI is InChI=1S/C6H8N12O2.3H2O/c1-2-20-4(19)3(7-9-5-11-15-16-12-5)8-10-6-13-17-18-14-6;;;/h3H,2H2,1H3,(H,11,12,15,16)(H,13,14,17,18);3*1H2. The molecule has 0 aromatic carbocycles. The number of carbonyl (C=O) groups excluding carboxylic acids is 1. The Morgan fingerprint density at radius 3 is 1.87 bits per heavy atom. The number of nitrogens with one attached hydrogen (secondary N) is 2. The molecule has 0 aliphatic rings. The number of nitrogens with zero attached hydrogens (tertiary/aromatic N) is 10. The van der Waals surface area contributed by atoms with Gasteiger partial charge in [-0.05, 0) is 17.4 Å². The molecule has 2 aromatic heterocycles. The highest BCUT2D eigenvalue weighted by molar-refractivity contribution is 5.75. The van der Waals surface area contributed by atoms with E-state index in [0.717, 1.165) is 0 Å². The largest absolute Gasteiger partial charge is 0.463 e. The third-order valence-electron chi connectivity index (χ3n) is 1.68. The molecule has 0 aliphatic carbocycles. The van der Waals surface area contributed by atoms with Crippen molar-refractivity contribution in [3.05, 3.63) is 0 Å². The fourth-order valence-electron chi connectivity index (χ4n) is 0.945. The Bertz CT molecular complexity index is 537. The number of tetrazole rings is 2. The van der Waals surface area contributed by atoms with Crippen LogP contribution in [0.3, 0.4) is 0 Å². The molecule has 0 saturated heterocycles. The number of esters is 1. The summed E-state index contributed by atoms with van der Waals surface area (Å²) in [7, 11) is 0. The first-order valence-electron chi connectivity index (χ1n) is 5.25. The molecule has 0 fully saturated rings. The van der Waals surface area contributed by atoms with E-state index in [4.69, 9.17) is 4.74 Å². The fourth-order valence-corrected chi connectivity index (χ4v) is 0.945. The van der Waals surface area contributed by atoms with Crippen molar-refractivity contribution in [3.8, 4) is 0 Å². The van der Waals surface area contributed by atoms with Gasteiger partial charge in [-0.25, -0.2) is 4.79 Å². The summed E-state index contributed by atoms with van der Waals surface area (Å²) in [6.45, 7) is 1.80. The van der Waals surface area contributed by atoms with Crippen LogP contribution in [0.25, 0.3) is 0 Å². The smallest absolute Gasteiger partial charge is 0.357 e. The van der Waals surface area contributed by atoms with Gasteiger partial charge < -0.3 is 21.2 Å². The quantitative estimate of drug-likeness (QED) is 0.404. The van der Waals surface area contributed by atoms with Crippen LogP contribution in [0, 0.1) is 0 Å². The molecular weight excluding hydrogens is 320 g/mol. The SMILES string of the molecule is CCOC(=O)C(N=Nc1nn[nH]n1)N=Nc1nn[nH]n1.O.O.O. The van der Waals surface area contributed by atoms with E-state index in [1.165, 1.54) is 0 Å². The minimum atomic E-state index is -1.33. The van der Waals surface area contributed by atoms with Gasteiger partial charge in [0.25, 0.3) is 6.17 Å². The monoisotopic (exact) mass is 334 g/mol. The molecule has 0 bridgehead atoms. The lowest BCUT2D eigenvalue weighted by Gasteiger charge is -2.02. The molecule has 128 valence electrons. The van der Waals surface area contributed by atoms with Gasteiger partial charge in [-0.15, -0.1) is 30.7 Å². The first-order chi connectivity index (χ1) is 9.79. The second-order valence-corrected chi connectivity index (χ2v) is 2.98. The maximum Gasteiger partial charge on any atom is 0.357 e. The molecular formula is C6H14N12O5. The fraction of sp³-hybridized carbons (Fsp3) is 0.500. The Kier molecular flexibility index (Phi) is 10.9. The minimum absolute atomic E-state index is 0. The van der Waals surface area contributed by atoms with Crippen molar-refractivity contribution in [2.45, 2.75) is 13.1 Å². The molecule has 8 N–H and O–H groups in total. The lowest BCUT2D eigenvalue weighted by atomic mass is 10.5. The van der Waals surface area contributed by atoms with Crippen molar-refractivity contribution < 1.29 is 26.0 Å². The number of hydrogen-bond acceptors (Lipinski definition) is 12. The molecule has 17 heteroatoms. The van der Waals surface area contributed by atoms with Gasteiger partial charge in [0, 0.05) is 0 Å². The van der Waals surface area contributed by atoms with Crippen molar-refractivity contribution in [1.29, 1.82) is 0 Å².